The molecule has 0 saturated carbocycles. The van der Waals surface area contributed by atoms with Crippen LogP contribution in [-0.2, 0) is 11.0 Å². The third-order valence-electron chi connectivity index (χ3n) is 4.81. The smallest absolute Gasteiger partial charge is 0.0945 e. The monoisotopic (exact) mass is 369 g/mol. The molecule has 2 N–H and O–H groups in total. The lowest BCUT2D eigenvalue weighted by Crippen LogP contribution is -2.33. The summed E-state index contributed by atoms with van der Waals surface area (Å²) in [6.07, 6.45) is 6.64. The molecule has 0 aliphatic heterocycles. The summed E-state index contributed by atoms with van der Waals surface area (Å²) in [7, 11) is -1.40. The lowest BCUT2D eigenvalue weighted by molar-refractivity contribution is 0.484. The number of nitriles is 1. The molecule has 0 spiro atoms. The van der Waals surface area contributed by atoms with E-state index in [1.54, 1.807) is 6.20 Å². The minimum Gasteiger partial charge on any atom is -0.264 e. The molecular formula is C21H27N3OS. The number of aryl methyl sites for hydroxylation is 1. The molecule has 2 aromatic rings. The fraction of sp³-hybridized carbons (Fsp3) is 0.429. The van der Waals surface area contributed by atoms with Crippen molar-refractivity contribution in [1.29, 1.82) is 5.26 Å². The van der Waals surface area contributed by atoms with Crippen LogP contribution < -0.4 is 5.14 Å². The van der Waals surface area contributed by atoms with Gasteiger partial charge in [0.2, 0.25) is 0 Å². The molecule has 5 heteroatoms. The van der Waals surface area contributed by atoms with Gasteiger partial charge in [-0.1, -0.05) is 24.3 Å². The molecule has 2 rings (SSSR count). The highest BCUT2D eigenvalue weighted by Crippen LogP contribution is 2.35. The summed E-state index contributed by atoms with van der Waals surface area (Å²) in [6.45, 7) is 5.94. The number of hydrogen-bond acceptors (Lipinski definition) is 3. The van der Waals surface area contributed by atoms with Crippen LogP contribution in [0.1, 0.15) is 56.6 Å². The number of benzene rings is 1. The van der Waals surface area contributed by atoms with E-state index in [-0.39, 0.29) is 5.92 Å². The van der Waals surface area contributed by atoms with Gasteiger partial charge in [0.1, 0.15) is 0 Å². The van der Waals surface area contributed by atoms with Crippen molar-refractivity contribution in [2.75, 3.05) is 0 Å². The summed E-state index contributed by atoms with van der Waals surface area (Å²) in [4.78, 5) is 4.17. The van der Waals surface area contributed by atoms with Gasteiger partial charge < -0.3 is 0 Å². The molecule has 0 aliphatic carbocycles. The Morgan fingerprint density at radius 3 is 2.77 bits per heavy atom. The zero-order valence-corrected chi connectivity index (χ0v) is 16.6. The zero-order valence-electron chi connectivity index (χ0n) is 15.7. The second-order valence-corrected chi connectivity index (χ2v) is 9.02. The van der Waals surface area contributed by atoms with Crippen molar-refractivity contribution in [2.45, 2.75) is 57.1 Å². The molecule has 4 nitrogen and oxygen atoms in total. The highest BCUT2D eigenvalue weighted by atomic mass is 32.2. The molecule has 138 valence electrons. The highest BCUT2D eigenvalue weighted by Gasteiger charge is 2.28. The first kappa shape index (κ1) is 20.3. The van der Waals surface area contributed by atoms with Crippen molar-refractivity contribution in [3.05, 3.63) is 53.9 Å². The maximum absolute atomic E-state index is 11.9. The summed E-state index contributed by atoms with van der Waals surface area (Å²) in [5.74, 6) is 0.216. The van der Waals surface area contributed by atoms with Gasteiger partial charge in [0.25, 0.3) is 0 Å². The Balaban J connectivity index is 2.35. The van der Waals surface area contributed by atoms with Gasteiger partial charge in [0, 0.05) is 18.8 Å². The minimum absolute atomic E-state index is 0.216. The van der Waals surface area contributed by atoms with Gasteiger partial charge in [-0.25, -0.2) is 4.21 Å². The summed E-state index contributed by atoms with van der Waals surface area (Å²) < 4.78 is 11.5. The van der Waals surface area contributed by atoms with Crippen molar-refractivity contribution in [3.63, 3.8) is 0 Å². The molecule has 1 heterocycles. The Morgan fingerprint density at radius 1 is 1.35 bits per heavy atom. The number of rotatable bonds is 8. The Hall–Kier alpha value is -2.03. The molecule has 0 aliphatic rings. The highest BCUT2D eigenvalue weighted by molar-refractivity contribution is 7.84. The third kappa shape index (κ3) is 5.23. The van der Waals surface area contributed by atoms with E-state index >= 15 is 0 Å². The van der Waals surface area contributed by atoms with Gasteiger partial charge in [-0.3, -0.25) is 10.1 Å². The van der Waals surface area contributed by atoms with Crippen LogP contribution in [0.5, 0.6) is 0 Å². The van der Waals surface area contributed by atoms with Gasteiger partial charge in [-0.15, -0.1) is 0 Å². The normalized spacial score (nSPS) is 13.8. The zero-order chi connectivity index (χ0) is 19.2. The predicted molar refractivity (Wildman–Crippen MR) is 108 cm³/mol. The summed E-state index contributed by atoms with van der Waals surface area (Å²) in [5, 5.41) is 14.6. The van der Waals surface area contributed by atoms with Crippen LogP contribution in [0.2, 0.25) is 0 Å². The second-order valence-electron chi connectivity index (χ2n) is 7.32. The van der Waals surface area contributed by atoms with Crippen LogP contribution in [0.3, 0.4) is 0 Å². The van der Waals surface area contributed by atoms with Crippen molar-refractivity contribution < 1.29 is 4.21 Å². The van der Waals surface area contributed by atoms with Gasteiger partial charge in [0.15, 0.2) is 0 Å². The maximum atomic E-state index is 11.9. The molecule has 0 radical (unpaired) electrons. The van der Waals surface area contributed by atoms with E-state index in [9.17, 15) is 4.21 Å². The molecule has 0 fully saturated rings. The fourth-order valence-electron chi connectivity index (χ4n) is 3.25. The van der Waals surface area contributed by atoms with E-state index in [1.807, 2.05) is 26.1 Å². The van der Waals surface area contributed by atoms with Crippen molar-refractivity contribution in [2.24, 2.45) is 5.14 Å². The van der Waals surface area contributed by atoms with Gasteiger partial charge in [-0.2, -0.15) is 5.26 Å². The molecule has 2 atom stereocenters. The first-order chi connectivity index (χ1) is 12.3. The summed E-state index contributed by atoms with van der Waals surface area (Å²) in [6, 6.07) is 12.7. The Kier molecular flexibility index (Phi) is 7.07. The maximum Gasteiger partial charge on any atom is 0.0945 e. The molecular weight excluding hydrogens is 342 g/mol. The first-order valence-electron chi connectivity index (χ1n) is 8.89. The topological polar surface area (TPSA) is 79.8 Å². The van der Waals surface area contributed by atoms with Crippen LogP contribution in [-0.4, -0.2) is 13.9 Å². The molecule has 26 heavy (non-hydrogen) atoms. The van der Waals surface area contributed by atoms with E-state index in [0.717, 1.165) is 30.4 Å². The van der Waals surface area contributed by atoms with Crippen molar-refractivity contribution in [3.8, 4) is 17.2 Å². The quantitative estimate of drug-likeness (QED) is 0.689. The standard InChI is InChI=1S/C21H27N3OS/c1-16-15-24-12-10-20(16)18-9-6-8-17(13-18)19(7-4-5-11-22)14-21(2,3)26(23)25/h6,8-10,12-13,15,19H,4-5,7,14,23H2,1-3H3/t19-,26?/m0/s1. The van der Waals surface area contributed by atoms with E-state index < -0.39 is 15.7 Å². The second kappa shape index (κ2) is 9.07. The van der Waals surface area contributed by atoms with E-state index in [1.165, 1.54) is 11.1 Å². The number of unbranched alkanes of at least 4 members (excludes halogenated alkanes) is 1. The number of hydrogen-bond donors (Lipinski definition) is 1. The molecule has 1 aromatic heterocycles. The van der Waals surface area contributed by atoms with Crippen LogP contribution in [0.4, 0.5) is 0 Å². The Morgan fingerprint density at radius 2 is 2.12 bits per heavy atom. The molecule has 1 aromatic carbocycles. The van der Waals surface area contributed by atoms with E-state index in [0.29, 0.717) is 6.42 Å². The lowest BCUT2D eigenvalue weighted by atomic mass is 9.84. The molecule has 0 bridgehead atoms. The predicted octanol–water partition coefficient (Wildman–Crippen LogP) is 4.63. The number of nitrogens with zero attached hydrogens (tertiary/aromatic N) is 2. The Bertz CT molecular complexity index is 811. The van der Waals surface area contributed by atoms with Crippen LogP contribution in [0.25, 0.3) is 11.1 Å². The van der Waals surface area contributed by atoms with Crippen molar-refractivity contribution in [1.82, 2.24) is 4.98 Å². The number of nitrogens with two attached hydrogens (primary N) is 1. The van der Waals surface area contributed by atoms with Crippen LogP contribution in [0.15, 0.2) is 42.7 Å². The van der Waals surface area contributed by atoms with Crippen LogP contribution in [0, 0.1) is 18.3 Å². The van der Waals surface area contributed by atoms with E-state index in [4.69, 9.17) is 10.4 Å². The van der Waals surface area contributed by atoms with Gasteiger partial charge >= 0.3 is 0 Å². The average Bonchev–Trinajstić information content (AvgIpc) is 2.61. The molecule has 0 saturated heterocycles. The summed E-state index contributed by atoms with van der Waals surface area (Å²) >= 11 is 0. The van der Waals surface area contributed by atoms with E-state index in [2.05, 4.69) is 42.2 Å². The minimum atomic E-state index is -1.40. The number of aromatic nitrogens is 1. The summed E-state index contributed by atoms with van der Waals surface area (Å²) in [5.41, 5.74) is 4.66. The lowest BCUT2D eigenvalue weighted by Gasteiger charge is -2.28. The van der Waals surface area contributed by atoms with Crippen LogP contribution >= 0.6 is 0 Å². The Labute approximate surface area is 159 Å². The average molecular weight is 370 g/mol. The van der Waals surface area contributed by atoms with Crippen molar-refractivity contribution >= 4 is 11.0 Å². The van der Waals surface area contributed by atoms with Gasteiger partial charge in [0.05, 0.1) is 21.8 Å². The molecule has 1 unspecified atom stereocenters. The SMILES string of the molecule is Cc1cnccc1-c1cccc([C@@H](CCCC#N)CC(C)(C)S(N)=O)c1. The number of pyridine rings is 1. The largest absolute Gasteiger partial charge is 0.264 e. The fourth-order valence-corrected chi connectivity index (χ4v) is 3.61. The third-order valence-corrected chi connectivity index (χ3v) is 6.07. The van der Waals surface area contributed by atoms with Gasteiger partial charge in [-0.05, 0) is 74.3 Å². The first-order valence-corrected chi connectivity index (χ1v) is 10.1. The molecule has 0 amide bonds.